The molecule has 166 valence electrons. The van der Waals surface area contributed by atoms with E-state index in [0.717, 1.165) is 36.2 Å². The van der Waals surface area contributed by atoms with Crippen molar-refractivity contribution >= 4 is 16.9 Å². The summed E-state index contributed by atoms with van der Waals surface area (Å²) in [5, 5.41) is 3.17. The maximum atomic E-state index is 12.6. The lowest BCUT2D eigenvalue weighted by atomic mass is 10.1. The maximum Gasteiger partial charge on any atom is 0.220 e. The molecule has 0 aliphatic rings. The second-order valence-electron chi connectivity index (χ2n) is 8.51. The summed E-state index contributed by atoms with van der Waals surface area (Å²) < 4.78 is 2.31. The average Bonchev–Trinajstić information content (AvgIpc) is 3.16. The number of unbranched alkanes of at least 4 members (excludes halogenated alkanes) is 6. The Morgan fingerprint density at radius 3 is 2.39 bits per heavy atom. The van der Waals surface area contributed by atoms with Crippen LogP contribution in [0.5, 0.6) is 0 Å². The Morgan fingerprint density at radius 1 is 0.935 bits per heavy atom. The van der Waals surface area contributed by atoms with Crippen molar-refractivity contribution in [3.8, 4) is 0 Å². The molecule has 0 spiro atoms. The molecule has 1 aromatic heterocycles. The minimum absolute atomic E-state index is 0.0749. The first kappa shape index (κ1) is 23.1. The van der Waals surface area contributed by atoms with Gasteiger partial charge in [-0.15, -0.1) is 0 Å². The highest BCUT2D eigenvalue weighted by Gasteiger charge is 2.18. The Balaban J connectivity index is 1.59. The minimum atomic E-state index is -0.111. The van der Waals surface area contributed by atoms with Crippen LogP contribution in [0.1, 0.15) is 82.6 Å². The number of para-hydroxylation sites is 2. The Hall–Kier alpha value is -2.62. The number of hydrogen-bond acceptors (Lipinski definition) is 2. The van der Waals surface area contributed by atoms with E-state index < -0.39 is 0 Å². The van der Waals surface area contributed by atoms with Gasteiger partial charge in [0.15, 0.2) is 0 Å². The zero-order chi connectivity index (χ0) is 21.9. The van der Waals surface area contributed by atoms with Gasteiger partial charge in [-0.2, -0.15) is 0 Å². The Morgan fingerprint density at radius 2 is 1.61 bits per heavy atom. The zero-order valence-electron chi connectivity index (χ0n) is 19.1. The number of nitrogens with zero attached hydrogens (tertiary/aromatic N) is 2. The Labute approximate surface area is 187 Å². The lowest BCUT2D eigenvalue weighted by Gasteiger charge is -2.16. The van der Waals surface area contributed by atoms with Crippen LogP contribution in [-0.4, -0.2) is 15.5 Å². The van der Waals surface area contributed by atoms with Crippen LogP contribution >= 0.6 is 0 Å². The van der Waals surface area contributed by atoms with Crippen LogP contribution in [0, 0.1) is 0 Å². The van der Waals surface area contributed by atoms with Crippen molar-refractivity contribution in [2.75, 3.05) is 0 Å². The number of carbonyl (C=O) groups excluding carboxylic acids is 1. The second kappa shape index (κ2) is 12.3. The number of fused-ring (bicyclic) bond motifs is 1. The van der Waals surface area contributed by atoms with E-state index in [-0.39, 0.29) is 11.9 Å². The monoisotopic (exact) mass is 419 g/mol. The fraction of sp³-hybridized carbons (Fsp3) is 0.481. The first-order chi connectivity index (χ1) is 15.2. The number of nitrogens with one attached hydrogen (secondary N) is 1. The van der Waals surface area contributed by atoms with Crippen molar-refractivity contribution in [2.45, 2.75) is 84.2 Å². The molecule has 2 aromatic carbocycles. The number of carbonyl (C=O) groups is 1. The summed E-state index contributed by atoms with van der Waals surface area (Å²) in [6, 6.07) is 18.3. The maximum absolute atomic E-state index is 12.6. The fourth-order valence-electron chi connectivity index (χ4n) is 4.17. The zero-order valence-corrected chi connectivity index (χ0v) is 19.1. The second-order valence-corrected chi connectivity index (χ2v) is 8.51. The van der Waals surface area contributed by atoms with Gasteiger partial charge in [0.25, 0.3) is 0 Å². The highest BCUT2D eigenvalue weighted by Crippen LogP contribution is 2.22. The summed E-state index contributed by atoms with van der Waals surface area (Å²) in [6.07, 6.45) is 10.3. The summed E-state index contributed by atoms with van der Waals surface area (Å²) >= 11 is 0. The standard InChI is InChI=1S/C27H37N3O/c1-3-4-5-6-7-8-14-21-30-25-18-13-12-17-24(25)29-27(30)22(2)28-26(31)20-19-23-15-10-9-11-16-23/h9-13,15-18,22H,3-8,14,19-21H2,1-2H3,(H,28,31). The first-order valence-electron chi connectivity index (χ1n) is 12.0. The number of aromatic nitrogens is 2. The van der Waals surface area contributed by atoms with E-state index in [0.29, 0.717) is 6.42 Å². The van der Waals surface area contributed by atoms with Crippen LogP contribution in [0.25, 0.3) is 11.0 Å². The predicted octanol–water partition coefficient (Wildman–Crippen LogP) is 6.60. The normalized spacial score (nSPS) is 12.2. The van der Waals surface area contributed by atoms with Crippen molar-refractivity contribution in [3.63, 3.8) is 0 Å². The van der Waals surface area contributed by atoms with Gasteiger partial charge in [0.05, 0.1) is 17.1 Å². The molecule has 4 nitrogen and oxygen atoms in total. The lowest BCUT2D eigenvalue weighted by molar-refractivity contribution is -0.121. The van der Waals surface area contributed by atoms with Gasteiger partial charge < -0.3 is 9.88 Å². The molecule has 4 heteroatoms. The number of benzene rings is 2. The van der Waals surface area contributed by atoms with Gasteiger partial charge in [-0.05, 0) is 37.5 Å². The van der Waals surface area contributed by atoms with Crippen molar-refractivity contribution in [1.82, 2.24) is 14.9 Å². The largest absolute Gasteiger partial charge is 0.346 e. The van der Waals surface area contributed by atoms with Crippen LogP contribution in [0.15, 0.2) is 54.6 Å². The molecule has 0 radical (unpaired) electrons. The van der Waals surface area contributed by atoms with Gasteiger partial charge in [0, 0.05) is 13.0 Å². The van der Waals surface area contributed by atoms with Crippen molar-refractivity contribution < 1.29 is 4.79 Å². The van der Waals surface area contributed by atoms with E-state index >= 15 is 0 Å². The van der Waals surface area contributed by atoms with Crippen LogP contribution in [0.3, 0.4) is 0 Å². The SMILES string of the molecule is CCCCCCCCCn1c(C(C)NC(=O)CCc2ccccc2)nc2ccccc21. The molecule has 1 amide bonds. The third-order valence-electron chi connectivity index (χ3n) is 5.92. The molecule has 1 unspecified atom stereocenters. The highest BCUT2D eigenvalue weighted by molar-refractivity contribution is 5.78. The van der Waals surface area contributed by atoms with Gasteiger partial charge in [-0.3, -0.25) is 4.79 Å². The summed E-state index contributed by atoms with van der Waals surface area (Å²) in [5.41, 5.74) is 3.36. The summed E-state index contributed by atoms with van der Waals surface area (Å²) in [6.45, 7) is 5.25. The summed E-state index contributed by atoms with van der Waals surface area (Å²) in [7, 11) is 0. The van der Waals surface area contributed by atoms with E-state index in [1.165, 1.54) is 44.1 Å². The van der Waals surface area contributed by atoms with Gasteiger partial charge >= 0.3 is 0 Å². The molecule has 0 aliphatic carbocycles. The highest BCUT2D eigenvalue weighted by atomic mass is 16.1. The van der Waals surface area contributed by atoms with E-state index in [4.69, 9.17) is 4.98 Å². The minimum Gasteiger partial charge on any atom is -0.346 e. The molecule has 0 fully saturated rings. The predicted molar refractivity (Wildman–Crippen MR) is 129 cm³/mol. The van der Waals surface area contributed by atoms with E-state index in [1.807, 2.05) is 31.2 Å². The van der Waals surface area contributed by atoms with Crippen molar-refractivity contribution in [2.24, 2.45) is 0 Å². The Bertz CT molecular complexity index is 932. The van der Waals surface area contributed by atoms with Gasteiger partial charge in [0.2, 0.25) is 5.91 Å². The molecule has 0 bridgehead atoms. The molecular weight excluding hydrogens is 382 g/mol. The number of rotatable bonds is 13. The molecule has 1 atom stereocenters. The van der Waals surface area contributed by atoms with E-state index in [9.17, 15) is 4.79 Å². The van der Waals surface area contributed by atoms with Crippen molar-refractivity contribution in [3.05, 3.63) is 66.0 Å². The van der Waals surface area contributed by atoms with Crippen LogP contribution in [0.4, 0.5) is 0 Å². The molecule has 31 heavy (non-hydrogen) atoms. The topological polar surface area (TPSA) is 46.9 Å². The molecule has 0 saturated heterocycles. The fourth-order valence-corrected chi connectivity index (χ4v) is 4.17. The number of hydrogen-bond donors (Lipinski definition) is 1. The molecular formula is C27H37N3O. The third kappa shape index (κ3) is 6.95. The number of aryl methyl sites for hydroxylation is 2. The van der Waals surface area contributed by atoms with Gasteiger partial charge in [-0.25, -0.2) is 4.98 Å². The Kier molecular flexibility index (Phi) is 9.14. The molecule has 1 heterocycles. The molecule has 3 rings (SSSR count). The summed E-state index contributed by atoms with van der Waals surface area (Å²) in [5.74, 6) is 1.03. The smallest absolute Gasteiger partial charge is 0.220 e. The molecule has 1 N–H and O–H groups in total. The quantitative estimate of drug-likeness (QED) is 0.317. The number of amides is 1. The van der Waals surface area contributed by atoms with Crippen LogP contribution in [-0.2, 0) is 17.8 Å². The van der Waals surface area contributed by atoms with Gasteiger partial charge in [0.1, 0.15) is 5.82 Å². The van der Waals surface area contributed by atoms with E-state index in [1.54, 1.807) is 0 Å². The summed E-state index contributed by atoms with van der Waals surface area (Å²) in [4.78, 5) is 17.4. The third-order valence-corrected chi connectivity index (χ3v) is 5.92. The van der Waals surface area contributed by atoms with Gasteiger partial charge in [-0.1, -0.05) is 87.9 Å². The van der Waals surface area contributed by atoms with Crippen LogP contribution < -0.4 is 5.32 Å². The van der Waals surface area contributed by atoms with Crippen LogP contribution in [0.2, 0.25) is 0 Å². The number of imidazole rings is 1. The first-order valence-corrected chi connectivity index (χ1v) is 12.0. The molecule has 0 saturated carbocycles. The molecule has 0 aliphatic heterocycles. The van der Waals surface area contributed by atoms with E-state index in [2.05, 4.69) is 47.1 Å². The average molecular weight is 420 g/mol. The lowest BCUT2D eigenvalue weighted by Crippen LogP contribution is -2.29. The van der Waals surface area contributed by atoms with Crippen molar-refractivity contribution in [1.29, 1.82) is 0 Å². The molecule has 3 aromatic rings.